The van der Waals surface area contributed by atoms with Gasteiger partial charge in [0.05, 0.1) is 5.69 Å². The molecule has 2 aromatic heterocycles. The minimum atomic E-state index is -0.994. The van der Waals surface area contributed by atoms with Crippen molar-refractivity contribution in [1.82, 2.24) is 14.6 Å². The van der Waals surface area contributed by atoms with E-state index in [1.54, 1.807) is 25.4 Å². The quantitative estimate of drug-likeness (QED) is 0.697. The topological polar surface area (TPSA) is 67.5 Å². The summed E-state index contributed by atoms with van der Waals surface area (Å²) in [5.74, 6) is -0.994. The van der Waals surface area contributed by atoms with Gasteiger partial charge in [0.2, 0.25) is 0 Å². The maximum atomic E-state index is 10.8. The van der Waals surface area contributed by atoms with E-state index in [-0.39, 0.29) is 5.56 Å². The maximum absolute atomic E-state index is 10.8. The molecule has 0 spiro atoms. The van der Waals surface area contributed by atoms with Crippen LogP contribution in [0.15, 0.2) is 18.5 Å². The van der Waals surface area contributed by atoms with E-state index < -0.39 is 5.97 Å². The summed E-state index contributed by atoms with van der Waals surface area (Å²) in [6.45, 7) is 1.65. The Kier molecular flexibility index (Phi) is 1.51. The van der Waals surface area contributed by atoms with E-state index in [0.717, 1.165) is 0 Å². The summed E-state index contributed by atoms with van der Waals surface area (Å²) in [7, 11) is 0. The Bertz CT molecular complexity index is 475. The monoisotopic (exact) mass is 177 g/mol. The Hall–Kier alpha value is -1.91. The largest absolute Gasteiger partial charge is 0.477 e. The molecule has 0 fully saturated rings. The average Bonchev–Trinajstić information content (AvgIpc) is 2.39. The second kappa shape index (κ2) is 2.55. The van der Waals surface area contributed by atoms with E-state index in [2.05, 4.69) is 10.1 Å². The highest BCUT2D eigenvalue weighted by atomic mass is 16.4. The lowest BCUT2D eigenvalue weighted by Crippen LogP contribution is -1.98. The van der Waals surface area contributed by atoms with Crippen molar-refractivity contribution < 1.29 is 9.90 Å². The molecule has 2 aromatic rings. The van der Waals surface area contributed by atoms with Gasteiger partial charge in [-0.3, -0.25) is 0 Å². The molecule has 0 aliphatic heterocycles. The first-order valence-electron chi connectivity index (χ1n) is 3.73. The predicted molar refractivity (Wildman–Crippen MR) is 44.7 cm³/mol. The van der Waals surface area contributed by atoms with Crippen LogP contribution in [0.5, 0.6) is 0 Å². The highest BCUT2D eigenvalue weighted by molar-refractivity contribution is 5.95. The molecule has 0 atom stereocenters. The first-order chi connectivity index (χ1) is 6.20. The van der Waals surface area contributed by atoms with Crippen molar-refractivity contribution in [2.75, 3.05) is 0 Å². The molecule has 0 bridgehead atoms. The van der Waals surface area contributed by atoms with E-state index in [1.165, 1.54) is 4.52 Å². The fourth-order valence-corrected chi connectivity index (χ4v) is 1.25. The van der Waals surface area contributed by atoms with Gasteiger partial charge in [-0.1, -0.05) is 0 Å². The van der Waals surface area contributed by atoms with Gasteiger partial charge in [0, 0.05) is 12.4 Å². The third-order valence-electron chi connectivity index (χ3n) is 1.78. The van der Waals surface area contributed by atoms with Crippen LogP contribution >= 0.6 is 0 Å². The molecule has 13 heavy (non-hydrogen) atoms. The molecular formula is C8H7N3O2. The van der Waals surface area contributed by atoms with Gasteiger partial charge in [0.1, 0.15) is 5.56 Å². The van der Waals surface area contributed by atoms with Crippen molar-refractivity contribution in [2.45, 2.75) is 6.92 Å². The molecule has 0 amide bonds. The van der Waals surface area contributed by atoms with E-state index >= 15 is 0 Å². The van der Waals surface area contributed by atoms with Crippen LogP contribution < -0.4 is 0 Å². The highest BCUT2D eigenvalue weighted by Crippen LogP contribution is 2.11. The summed E-state index contributed by atoms with van der Waals surface area (Å²) < 4.78 is 1.46. The summed E-state index contributed by atoms with van der Waals surface area (Å²) in [5, 5.41) is 12.9. The number of carboxylic acids is 1. The molecule has 5 heteroatoms. The first kappa shape index (κ1) is 7.72. The Morgan fingerprint density at radius 2 is 2.38 bits per heavy atom. The van der Waals surface area contributed by atoms with E-state index in [4.69, 9.17) is 5.11 Å². The molecule has 0 saturated heterocycles. The van der Waals surface area contributed by atoms with Gasteiger partial charge in [-0.2, -0.15) is 5.10 Å². The predicted octanol–water partition coefficient (Wildman–Crippen LogP) is 0.736. The van der Waals surface area contributed by atoms with Crippen LogP contribution in [0.4, 0.5) is 0 Å². The fraction of sp³-hybridized carbons (Fsp3) is 0.125. The fourth-order valence-electron chi connectivity index (χ4n) is 1.25. The van der Waals surface area contributed by atoms with Gasteiger partial charge in [0.15, 0.2) is 5.65 Å². The van der Waals surface area contributed by atoms with Crippen LogP contribution in [-0.4, -0.2) is 25.7 Å². The molecule has 2 rings (SSSR count). The number of carbonyl (C=O) groups is 1. The smallest absolute Gasteiger partial charge is 0.341 e. The van der Waals surface area contributed by atoms with Crippen LogP contribution in [0.2, 0.25) is 0 Å². The van der Waals surface area contributed by atoms with Gasteiger partial charge >= 0.3 is 5.97 Å². The number of aromatic carboxylic acids is 1. The molecule has 0 aliphatic rings. The normalized spacial score (nSPS) is 10.5. The molecule has 0 aromatic carbocycles. The van der Waals surface area contributed by atoms with Crippen molar-refractivity contribution in [3.05, 3.63) is 29.7 Å². The number of nitrogens with zero attached hydrogens (tertiary/aromatic N) is 3. The number of rotatable bonds is 1. The lowest BCUT2D eigenvalue weighted by molar-refractivity contribution is 0.0698. The molecule has 66 valence electrons. The van der Waals surface area contributed by atoms with Gasteiger partial charge < -0.3 is 5.11 Å². The van der Waals surface area contributed by atoms with Crippen molar-refractivity contribution >= 4 is 11.6 Å². The zero-order valence-corrected chi connectivity index (χ0v) is 6.93. The number of carboxylic acid groups (broad SMARTS) is 1. The number of aromatic nitrogens is 3. The second-order valence-electron chi connectivity index (χ2n) is 2.65. The van der Waals surface area contributed by atoms with E-state index in [1.807, 2.05) is 0 Å². The van der Waals surface area contributed by atoms with Crippen LogP contribution in [0.3, 0.4) is 0 Å². The van der Waals surface area contributed by atoms with Crippen molar-refractivity contribution in [3.8, 4) is 0 Å². The van der Waals surface area contributed by atoms with Crippen LogP contribution in [-0.2, 0) is 0 Å². The van der Waals surface area contributed by atoms with Crippen molar-refractivity contribution in [3.63, 3.8) is 0 Å². The Balaban J connectivity index is 2.86. The lowest BCUT2D eigenvalue weighted by atomic mass is 10.2. The van der Waals surface area contributed by atoms with Gasteiger partial charge in [-0.25, -0.2) is 14.3 Å². The maximum Gasteiger partial charge on any atom is 0.341 e. The number of aryl methyl sites for hydroxylation is 1. The average molecular weight is 177 g/mol. The zero-order valence-electron chi connectivity index (χ0n) is 6.93. The Labute approximate surface area is 73.6 Å². The zero-order chi connectivity index (χ0) is 9.42. The summed E-state index contributed by atoms with van der Waals surface area (Å²) >= 11 is 0. The molecule has 2 heterocycles. The SMILES string of the molecule is Cc1nn2cccnc2c1C(=O)O. The molecular weight excluding hydrogens is 170 g/mol. The number of hydrogen-bond acceptors (Lipinski definition) is 3. The van der Waals surface area contributed by atoms with E-state index in [0.29, 0.717) is 11.3 Å². The summed E-state index contributed by atoms with van der Waals surface area (Å²) in [6, 6.07) is 1.70. The standard InChI is InChI=1S/C8H7N3O2/c1-5-6(8(12)13)7-9-3-2-4-11(7)10-5/h2-4H,1H3,(H,12,13). The third-order valence-corrected chi connectivity index (χ3v) is 1.78. The molecule has 1 N–H and O–H groups in total. The van der Waals surface area contributed by atoms with Crippen molar-refractivity contribution in [2.24, 2.45) is 0 Å². The molecule has 0 saturated carbocycles. The summed E-state index contributed by atoms with van der Waals surface area (Å²) in [6.07, 6.45) is 3.21. The summed E-state index contributed by atoms with van der Waals surface area (Å²) in [4.78, 5) is 14.7. The molecule has 0 radical (unpaired) electrons. The van der Waals surface area contributed by atoms with Gasteiger partial charge in [0.25, 0.3) is 0 Å². The van der Waals surface area contributed by atoms with Gasteiger partial charge in [-0.15, -0.1) is 0 Å². The lowest BCUT2D eigenvalue weighted by Gasteiger charge is -1.90. The van der Waals surface area contributed by atoms with Crippen molar-refractivity contribution in [1.29, 1.82) is 0 Å². The number of fused-ring (bicyclic) bond motifs is 1. The minimum absolute atomic E-state index is 0.167. The molecule has 0 aliphatic carbocycles. The molecule has 5 nitrogen and oxygen atoms in total. The second-order valence-corrected chi connectivity index (χ2v) is 2.65. The van der Waals surface area contributed by atoms with Gasteiger partial charge in [-0.05, 0) is 13.0 Å². The first-order valence-corrected chi connectivity index (χ1v) is 3.73. The minimum Gasteiger partial charge on any atom is -0.477 e. The summed E-state index contributed by atoms with van der Waals surface area (Å²) in [5.41, 5.74) is 1.03. The van der Waals surface area contributed by atoms with Crippen LogP contribution in [0, 0.1) is 6.92 Å². The Morgan fingerprint density at radius 1 is 1.62 bits per heavy atom. The Morgan fingerprint density at radius 3 is 3.08 bits per heavy atom. The molecule has 0 unspecified atom stereocenters. The van der Waals surface area contributed by atoms with Crippen LogP contribution in [0.1, 0.15) is 16.1 Å². The third kappa shape index (κ3) is 1.05. The number of hydrogen-bond donors (Lipinski definition) is 1. The van der Waals surface area contributed by atoms with Crippen LogP contribution in [0.25, 0.3) is 5.65 Å². The van der Waals surface area contributed by atoms with E-state index in [9.17, 15) is 4.79 Å². The highest BCUT2D eigenvalue weighted by Gasteiger charge is 2.16.